The Kier molecular flexibility index (Phi) is 3.97. The molecule has 1 aromatic rings. The van der Waals surface area contributed by atoms with Crippen molar-refractivity contribution in [2.45, 2.75) is 44.7 Å². The van der Waals surface area contributed by atoms with Gasteiger partial charge in [-0.15, -0.1) is 0 Å². The molecule has 0 unspecified atom stereocenters. The highest BCUT2D eigenvalue weighted by atomic mass is 16.2. The van der Waals surface area contributed by atoms with E-state index in [0.29, 0.717) is 17.6 Å². The van der Waals surface area contributed by atoms with E-state index in [1.165, 1.54) is 0 Å². The Morgan fingerprint density at radius 2 is 2.06 bits per heavy atom. The second kappa shape index (κ2) is 5.48. The highest BCUT2D eigenvalue weighted by Gasteiger charge is 2.26. The van der Waals surface area contributed by atoms with E-state index in [2.05, 4.69) is 4.98 Å². The molecular formula is C14H21N3O. The smallest absolute Gasteiger partial charge is 0.255 e. The van der Waals surface area contributed by atoms with Crippen molar-refractivity contribution >= 4 is 5.91 Å². The van der Waals surface area contributed by atoms with Gasteiger partial charge >= 0.3 is 0 Å². The summed E-state index contributed by atoms with van der Waals surface area (Å²) in [5, 5.41) is 0. The van der Waals surface area contributed by atoms with Gasteiger partial charge < -0.3 is 10.6 Å². The minimum absolute atomic E-state index is 0.0704. The van der Waals surface area contributed by atoms with Gasteiger partial charge in [0.2, 0.25) is 0 Å². The minimum Gasteiger partial charge on any atom is -0.339 e. The maximum absolute atomic E-state index is 12.4. The number of nitrogens with zero attached hydrogens (tertiary/aromatic N) is 2. The second-order valence-electron chi connectivity index (χ2n) is 5.12. The number of rotatable bonds is 2. The molecule has 1 aliphatic carbocycles. The van der Waals surface area contributed by atoms with Crippen molar-refractivity contribution < 1.29 is 4.79 Å². The standard InChI is InChI=1S/C14H21N3O/c1-10-13(4-3-9-16-10)14(18)17(2)12-7-5-11(15)6-8-12/h3-4,9,11-12H,5-8,15H2,1-2H3. The third kappa shape index (κ3) is 2.70. The SMILES string of the molecule is Cc1ncccc1C(=O)N(C)C1CCC(N)CC1. The molecule has 1 aromatic heterocycles. The fourth-order valence-corrected chi connectivity index (χ4v) is 2.55. The van der Waals surface area contributed by atoms with E-state index in [1.54, 1.807) is 6.20 Å². The number of aryl methyl sites for hydroxylation is 1. The van der Waals surface area contributed by atoms with Gasteiger partial charge in [-0.25, -0.2) is 0 Å². The Hall–Kier alpha value is -1.42. The summed E-state index contributed by atoms with van der Waals surface area (Å²) >= 11 is 0. The fourth-order valence-electron chi connectivity index (χ4n) is 2.55. The fraction of sp³-hybridized carbons (Fsp3) is 0.571. The number of carbonyl (C=O) groups is 1. The largest absolute Gasteiger partial charge is 0.339 e. The molecular weight excluding hydrogens is 226 g/mol. The van der Waals surface area contributed by atoms with Crippen LogP contribution >= 0.6 is 0 Å². The maximum atomic E-state index is 12.4. The molecule has 0 saturated heterocycles. The van der Waals surface area contributed by atoms with Crippen LogP contribution in [-0.2, 0) is 0 Å². The van der Waals surface area contributed by atoms with E-state index in [0.717, 1.165) is 31.4 Å². The molecule has 2 rings (SSSR count). The van der Waals surface area contributed by atoms with Crippen molar-refractivity contribution in [1.29, 1.82) is 0 Å². The van der Waals surface area contributed by atoms with E-state index in [1.807, 2.05) is 31.0 Å². The van der Waals surface area contributed by atoms with Crippen LogP contribution in [-0.4, -0.2) is 34.9 Å². The molecule has 4 nitrogen and oxygen atoms in total. The van der Waals surface area contributed by atoms with Crippen LogP contribution in [0, 0.1) is 6.92 Å². The van der Waals surface area contributed by atoms with Crippen LogP contribution in [0.3, 0.4) is 0 Å². The van der Waals surface area contributed by atoms with Gasteiger partial charge in [0.15, 0.2) is 0 Å². The van der Waals surface area contributed by atoms with Gasteiger partial charge in [0.25, 0.3) is 5.91 Å². The predicted octanol–water partition coefficient (Wildman–Crippen LogP) is 1.73. The lowest BCUT2D eigenvalue weighted by Gasteiger charge is -2.33. The van der Waals surface area contributed by atoms with Gasteiger partial charge in [-0.3, -0.25) is 9.78 Å². The highest BCUT2D eigenvalue weighted by Crippen LogP contribution is 2.22. The van der Waals surface area contributed by atoms with E-state index in [9.17, 15) is 4.79 Å². The Morgan fingerprint density at radius 1 is 1.39 bits per heavy atom. The third-order valence-electron chi connectivity index (χ3n) is 3.85. The number of amides is 1. The number of aromatic nitrogens is 1. The van der Waals surface area contributed by atoms with Gasteiger partial charge in [0.05, 0.1) is 5.56 Å². The van der Waals surface area contributed by atoms with Gasteiger partial charge in [0.1, 0.15) is 0 Å². The normalized spacial score (nSPS) is 23.7. The summed E-state index contributed by atoms with van der Waals surface area (Å²) in [6.07, 6.45) is 5.74. The zero-order valence-electron chi connectivity index (χ0n) is 11.1. The average Bonchev–Trinajstić information content (AvgIpc) is 2.38. The van der Waals surface area contributed by atoms with Crippen LogP contribution in [0.1, 0.15) is 41.7 Å². The molecule has 2 N–H and O–H groups in total. The molecule has 0 aliphatic heterocycles. The van der Waals surface area contributed by atoms with Crippen LogP contribution < -0.4 is 5.73 Å². The van der Waals surface area contributed by atoms with E-state index < -0.39 is 0 Å². The third-order valence-corrected chi connectivity index (χ3v) is 3.85. The molecule has 0 bridgehead atoms. The maximum Gasteiger partial charge on any atom is 0.255 e. The molecule has 1 amide bonds. The molecule has 0 spiro atoms. The number of hydrogen-bond donors (Lipinski definition) is 1. The zero-order chi connectivity index (χ0) is 13.1. The molecule has 0 radical (unpaired) electrons. The Balaban J connectivity index is 2.07. The van der Waals surface area contributed by atoms with Crippen LogP contribution in [0.4, 0.5) is 0 Å². The van der Waals surface area contributed by atoms with E-state index >= 15 is 0 Å². The predicted molar refractivity (Wildman–Crippen MR) is 71.3 cm³/mol. The Bertz CT molecular complexity index is 425. The van der Waals surface area contributed by atoms with Crippen molar-refractivity contribution in [1.82, 2.24) is 9.88 Å². The summed E-state index contributed by atoms with van der Waals surface area (Å²) in [4.78, 5) is 18.4. The summed E-state index contributed by atoms with van der Waals surface area (Å²) in [7, 11) is 1.89. The highest BCUT2D eigenvalue weighted by molar-refractivity contribution is 5.95. The van der Waals surface area contributed by atoms with Crippen molar-refractivity contribution in [3.63, 3.8) is 0 Å². The summed E-state index contributed by atoms with van der Waals surface area (Å²) in [5.41, 5.74) is 7.39. The first-order valence-electron chi connectivity index (χ1n) is 6.54. The quantitative estimate of drug-likeness (QED) is 0.866. The molecule has 18 heavy (non-hydrogen) atoms. The van der Waals surface area contributed by atoms with Crippen LogP contribution in [0.5, 0.6) is 0 Å². The molecule has 1 saturated carbocycles. The lowest BCUT2D eigenvalue weighted by atomic mass is 9.90. The van der Waals surface area contributed by atoms with E-state index in [-0.39, 0.29) is 5.91 Å². The van der Waals surface area contributed by atoms with Gasteiger partial charge in [0, 0.05) is 31.0 Å². The first kappa shape index (κ1) is 13.0. The lowest BCUT2D eigenvalue weighted by Crippen LogP contribution is -2.42. The first-order valence-corrected chi connectivity index (χ1v) is 6.54. The van der Waals surface area contributed by atoms with E-state index in [4.69, 9.17) is 5.73 Å². The minimum atomic E-state index is 0.0704. The Labute approximate surface area is 108 Å². The van der Waals surface area contributed by atoms with Crippen molar-refractivity contribution in [2.24, 2.45) is 5.73 Å². The number of hydrogen-bond acceptors (Lipinski definition) is 3. The van der Waals surface area contributed by atoms with Gasteiger partial charge in [-0.1, -0.05) is 0 Å². The summed E-state index contributed by atoms with van der Waals surface area (Å²) in [5.74, 6) is 0.0704. The molecule has 1 fully saturated rings. The molecule has 98 valence electrons. The molecule has 0 aromatic carbocycles. The lowest BCUT2D eigenvalue weighted by molar-refractivity contribution is 0.0688. The monoisotopic (exact) mass is 247 g/mol. The van der Waals surface area contributed by atoms with Crippen LogP contribution in [0.15, 0.2) is 18.3 Å². The van der Waals surface area contributed by atoms with Crippen molar-refractivity contribution in [2.75, 3.05) is 7.05 Å². The zero-order valence-corrected chi connectivity index (χ0v) is 11.1. The molecule has 4 heteroatoms. The van der Waals surface area contributed by atoms with Gasteiger partial charge in [-0.2, -0.15) is 0 Å². The molecule has 1 aliphatic rings. The second-order valence-corrected chi connectivity index (χ2v) is 5.12. The molecule has 0 atom stereocenters. The summed E-state index contributed by atoms with van der Waals surface area (Å²) in [6.45, 7) is 1.87. The summed E-state index contributed by atoms with van der Waals surface area (Å²) < 4.78 is 0. The molecule has 1 heterocycles. The van der Waals surface area contributed by atoms with Gasteiger partial charge in [-0.05, 0) is 44.7 Å². The topological polar surface area (TPSA) is 59.2 Å². The first-order chi connectivity index (χ1) is 8.59. The average molecular weight is 247 g/mol. The van der Waals surface area contributed by atoms with Crippen molar-refractivity contribution in [3.05, 3.63) is 29.6 Å². The Morgan fingerprint density at radius 3 is 2.67 bits per heavy atom. The number of carbonyl (C=O) groups excluding carboxylic acids is 1. The number of nitrogens with two attached hydrogens (primary N) is 1. The number of pyridine rings is 1. The van der Waals surface area contributed by atoms with Crippen LogP contribution in [0.2, 0.25) is 0 Å². The summed E-state index contributed by atoms with van der Waals surface area (Å²) in [6, 6.07) is 4.28. The van der Waals surface area contributed by atoms with Crippen molar-refractivity contribution in [3.8, 4) is 0 Å². The van der Waals surface area contributed by atoms with Crippen LogP contribution in [0.25, 0.3) is 0 Å².